The minimum atomic E-state index is -0.975. The van der Waals surface area contributed by atoms with E-state index in [2.05, 4.69) is 10.6 Å². The van der Waals surface area contributed by atoms with Crippen molar-refractivity contribution < 1.29 is 28.3 Å². The third-order valence-corrected chi connectivity index (χ3v) is 7.09. The zero-order valence-corrected chi connectivity index (χ0v) is 22.0. The summed E-state index contributed by atoms with van der Waals surface area (Å²) in [6, 6.07) is 18.8. The number of furan rings is 1. The number of fused-ring (bicyclic) bond motifs is 1. The molecule has 0 fully saturated rings. The molecule has 3 amide bonds. The van der Waals surface area contributed by atoms with Crippen LogP contribution in [0.1, 0.15) is 38.2 Å². The lowest BCUT2D eigenvalue weighted by Gasteiger charge is -2.32. The number of ether oxygens (including phenoxy) is 2. The van der Waals surface area contributed by atoms with Crippen molar-refractivity contribution >= 4 is 29.1 Å². The smallest absolute Gasteiger partial charge is 0.261 e. The molecule has 0 saturated heterocycles. The quantitative estimate of drug-likeness (QED) is 0.309. The first kappa shape index (κ1) is 26.1. The Bertz CT molecular complexity index is 1430. The van der Waals surface area contributed by atoms with Gasteiger partial charge in [0.25, 0.3) is 5.91 Å². The van der Waals surface area contributed by atoms with E-state index in [0.29, 0.717) is 27.7 Å². The molecule has 10 heteroatoms. The largest absolute Gasteiger partial charge is 0.467 e. The van der Waals surface area contributed by atoms with E-state index >= 15 is 0 Å². The molecule has 39 heavy (non-hydrogen) atoms. The number of carbonyl (C=O) groups excluding carboxylic acids is 3. The highest BCUT2D eigenvalue weighted by Crippen LogP contribution is 2.34. The SMILES string of the molecule is Cc1ccc([C@H](C(=O)NCc2ccco2)N(Cc2ccc3c(c2)OCO3)C(=O)CNC(=O)c2cccs2)cc1. The van der Waals surface area contributed by atoms with E-state index in [-0.39, 0.29) is 38.2 Å². The molecule has 1 atom stereocenters. The maximum Gasteiger partial charge on any atom is 0.261 e. The molecule has 9 nitrogen and oxygen atoms in total. The number of rotatable bonds is 10. The van der Waals surface area contributed by atoms with Gasteiger partial charge < -0.3 is 29.4 Å². The Labute approximate surface area is 229 Å². The average Bonchev–Trinajstić information content (AvgIpc) is 3.74. The van der Waals surface area contributed by atoms with Gasteiger partial charge in [0.2, 0.25) is 18.6 Å². The van der Waals surface area contributed by atoms with Crippen LogP contribution in [0.5, 0.6) is 11.5 Å². The van der Waals surface area contributed by atoms with E-state index in [1.807, 2.05) is 37.3 Å². The summed E-state index contributed by atoms with van der Waals surface area (Å²) in [5.41, 5.74) is 2.40. The summed E-state index contributed by atoms with van der Waals surface area (Å²) in [5.74, 6) is 0.620. The maximum atomic E-state index is 13.7. The Hall–Kier alpha value is -4.57. The van der Waals surface area contributed by atoms with Gasteiger partial charge in [0.1, 0.15) is 11.8 Å². The van der Waals surface area contributed by atoms with Crippen molar-refractivity contribution in [3.05, 3.63) is 106 Å². The van der Waals surface area contributed by atoms with Gasteiger partial charge in [-0.1, -0.05) is 42.0 Å². The predicted octanol–water partition coefficient (Wildman–Crippen LogP) is 4.19. The number of hydrogen-bond acceptors (Lipinski definition) is 7. The van der Waals surface area contributed by atoms with Gasteiger partial charge in [0.05, 0.1) is 24.2 Å². The maximum absolute atomic E-state index is 13.7. The number of hydrogen-bond donors (Lipinski definition) is 2. The topological polar surface area (TPSA) is 110 Å². The highest BCUT2D eigenvalue weighted by atomic mass is 32.1. The summed E-state index contributed by atoms with van der Waals surface area (Å²) in [6.07, 6.45) is 1.53. The molecule has 2 aromatic carbocycles. The number of carbonyl (C=O) groups is 3. The molecule has 200 valence electrons. The van der Waals surface area contributed by atoms with Crippen LogP contribution < -0.4 is 20.1 Å². The molecule has 3 heterocycles. The molecule has 4 aromatic rings. The van der Waals surface area contributed by atoms with Crippen molar-refractivity contribution in [1.29, 1.82) is 0 Å². The number of benzene rings is 2. The van der Waals surface area contributed by atoms with Crippen molar-refractivity contribution in [3.63, 3.8) is 0 Å². The molecule has 0 radical (unpaired) electrons. The summed E-state index contributed by atoms with van der Waals surface area (Å²) < 4.78 is 16.3. The molecular formula is C29H27N3O6S. The number of amides is 3. The predicted molar refractivity (Wildman–Crippen MR) is 144 cm³/mol. The van der Waals surface area contributed by atoms with Crippen molar-refractivity contribution in [2.75, 3.05) is 13.3 Å². The van der Waals surface area contributed by atoms with Crippen LogP contribution >= 0.6 is 11.3 Å². The van der Waals surface area contributed by atoms with Crippen LogP contribution in [0.4, 0.5) is 0 Å². The van der Waals surface area contributed by atoms with E-state index in [1.54, 1.807) is 41.8 Å². The van der Waals surface area contributed by atoms with Crippen LogP contribution in [0.3, 0.4) is 0 Å². The number of thiophene rings is 1. The third-order valence-electron chi connectivity index (χ3n) is 6.23. The molecule has 0 saturated carbocycles. The number of nitrogens with zero attached hydrogens (tertiary/aromatic N) is 1. The third kappa shape index (κ3) is 6.29. The molecule has 1 aliphatic rings. The Morgan fingerprint density at radius 3 is 2.54 bits per heavy atom. The summed E-state index contributed by atoms with van der Waals surface area (Å²) in [7, 11) is 0. The first-order valence-corrected chi connectivity index (χ1v) is 13.2. The standard InChI is InChI=1S/C29H27N3O6S/c1-19-6-9-21(10-7-19)27(29(35)30-15-22-4-2-12-36-22)32(17-20-8-11-23-24(14-20)38-18-37-23)26(33)16-31-28(34)25-5-3-13-39-25/h2-14,27H,15-18H2,1H3,(H,30,35)(H,31,34)/t27-/m1/s1. The minimum Gasteiger partial charge on any atom is -0.467 e. The fraction of sp³-hybridized carbons (Fsp3) is 0.207. The Morgan fingerprint density at radius 2 is 1.79 bits per heavy atom. The van der Waals surface area contributed by atoms with Crippen molar-refractivity contribution in [3.8, 4) is 11.5 Å². The van der Waals surface area contributed by atoms with Crippen LogP contribution in [0.2, 0.25) is 0 Å². The lowest BCUT2D eigenvalue weighted by molar-refractivity contribution is -0.141. The fourth-order valence-corrected chi connectivity index (χ4v) is 4.86. The summed E-state index contributed by atoms with van der Waals surface area (Å²) in [6.45, 7) is 2.05. The molecular weight excluding hydrogens is 518 g/mol. The molecule has 0 unspecified atom stereocenters. The van der Waals surface area contributed by atoms with Crippen molar-refractivity contribution in [2.24, 2.45) is 0 Å². The zero-order valence-electron chi connectivity index (χ0n) is 21.2. The minimum absolute atomic E-state index is 0.0943. The fourth-order valence-electron chi connectivity index (χ4n) is 4.22. The highest BCUT2D eigenvalue weighted by Gasteiger charge is 2.32. The van der Waals surface area contributed by atoms with Crippen molar-refractivity contribution in [1.82, 2.24) is 15.5 Å². The number of aryl methyl sites for hydroxylation is 1. The Kier molecular flexibility index (Phi) is 7.93. The lowest BCUT2D eigenvalue weighted by atomic mass is 10.0. The first-order chi connectivity index (χ1) is 19.0. The van der Waals surface area contributed by atoms with Crippen LogP contribution in [-0.2, 0) is 22.7 Å². The van der Waals surface area contributed by atoms with Gasteiger partial charge in [-0.15, -0.1) is 11.3 Å². The summed E-state index contributed by atoms with van der Waals surface area (Å²) in [5, 5.41) is 7.37. The molecule has 5 rings (SSSR count). The van der Waals surface area contributed by atoms with Gasteiger partial charge in [0.15, 0.2) is 11.5 Å². The first-order valence-electron chi connectivity index (χ1n) is 12.3. The molecule has 0 aliphatic carbocycles. The van der Waals surface area contributed by atoms with Gasteiger partial charge in [-0.25, -0.2) is 0 Å². The van der Waals surface area contributed by atoms with E-state index in [4.69, 9.17) is 13.9 Å². The van der Waals surface area contributed by atoms with Crippen LogP contribution in [0.15, 0.2) is 82.8 Å². The average molecular weight is 546 g/mol. The van der Waals surface area contributed by atoms with E-state index in [1.165, 1.54) is 22.5 Å². The van der Waals surface area contributed by atoms with Crippen LogP contribution in [0, 0.1) is 6.92 Å². The normalized spacial score (nSPS) is 12.5. The van der Waals surface area contributed by atoms with Gasteiger partial charge >= 0.3 is 0 Å². The summed E-state index contributed by atoms with van der Waals surface area (Å²) >= 11 is 1.28. The molecule has 2 N–H and O–H groups in total. The van der Waals surface area contributed by atoms with Gasteiger partial charge in [0, 0.05) is 6.54 Å². The summed E-state index contributed by atoms with van der Waals surface area (Å²) in [4.78, 5) is 42.0. The van der Waals surface area contributed by atoms with Gasteiger partial charge in [-0.05, 0) is 53.8 Å². The van der Waals surface area contributed by atoms with Crippen molar-refractivity contribution in [2.45, 2.75) is 26.1 Å². The van der Waals surface area contributed by atoms with E-state index in [9.17, 15) is 14.4 Å². The molecule has 2 aromatic heterocycles. The molecule has 0 bridgehead atoms. The number of nitrogens with one attached hydrogen (secondary N) is 2. The zero-order chi connectivity index (χ0) is 27.2. The van der Waals surface area contributed by atoms with Crippen LogP contribution in [0.25, 0.3) is 0 Å². The second-order valence-corrected chi connectivity index (χ2v) is 9.93. The Balaban J connectivity index is 1.45. The lowest BCUT2D eigenvalue weighted by Crippen LogP contribution is -2.46. The highest BCUT2D eigenvalue weighted by molar-refractivity contribution is 7.12. The molecule has 1 aliphatic heterocycles. The van der Waals surface area contributed by atoms with E-state index < -0.39 is 11.9 Å². The Morgan fingerprint density at radius 1 is 0.974 bits per heavy atom. The monoisotopic (exact) mass is 545 g/mol. The van der Waals surface area contributed by atoms with Crippen LogP contribution in [-0.4, -0.2) is 36.0 Å². The molecule has 0 spiro atoms. The second kappa shape index (κ2) is 11.9. The van der Waals surface area contributed by atoms with Gasteiger partial charge in [-0.3, -0.25) is 14.4 Å². The van der Waals surface area contributed by atoms with E-state index in [0.717, 1.165) is 11.1 Å². The van der Waals surface area contributed by atoms with Gasteiger partial charge in [-0.2, -0.15) is 0 Å². The second-order valence-electron chi connectivity index (χ2n) is 8.98.